The minimum atomic E-state index is 0.274. The Hall–Kier alpha value is -0.570. The zero-order valence-electron chi connectivity index (χ0n) is 9.12. The second-order valence-corrected chi connectivity index (χ2v) is 4.88. The lowest BCUT2D eigenvalue weighted by molar-refractivity contribution is -0.139. The fourth-order valence-corrected chi connectivity index (χ4v) is 2.18. The van der Waals surface area contributed by atoms with Crippen LogP contribution in [-0.2, 0) is 4.79 Å². The van der Waals surface area contributed by atoms with Crippen molar-refractivity contribution in [1.82, 2.24) is 10.2 Å². The van der Waals surface area contributed by atoms with Crippen molar-refractivity contribution in [3.8, 4) is 0 Å². The van der Waals surface area contributed by atoms with Gasteiger partial charge in [-0.05, 0) is 18.3 Å². The summed E-state index contributed by atoms with van der Waals surface area (Å²) in [5, 5.41) is 3.15. The van der Waals surface area contributed by atoms with E-state index in [-0.39, 0.29) is 5.92 Å². The number of carbonyl (C=O) groups is 1. The van der Waals surface area contributed by atoms with Crippen LogP contribution in [0.2, 0.25) is 0 Å². The molecule has 0 aromatic carbocycles. The second kappa shape index (κ2) is 3.89. The Labute approximate surface area is 85.8 Å². The molecule has 1 amide bonds. The summed E-state index contributed by atoms with van der Waals surface area (Å²) in [5.41, 5.74) is 0. The minimum Gasteiger partial charge on any atom is -0.342 e. The van der Waals surface area contributed by atoms with Crippen molar-refractivity contribution in [2.24, 2.45) is 17.8 Å². The molecular weight excluding hydrogens is 176 g/mol. The third kappa shape index (κ3) is 1.78. The SMILES string of the molecule is CC1CCN(C(=O)C2CNC2)CC1C. The van der Waals surface area contributed by atoms with Crippen LogP contribution in [0.5, 0.6) is 0 Å². The summed E-state index contributed by atoms with van der Waals surface area (Å²) in [4.78, 5) is 14.0. The van der Waals surface area contributed by atoms with E-state index in [0.29, 0.717) is 11.8 Å². The molecular formula is C11H20N2O. The molecule has 2 atom stereocenters. The summed E-state index contributed by atoms with van der Waals surface area (Å²) in [7, 11) is 0. The smallest absolute Gasteiger partial charge is 0.228 e. The summed E-state index contributed by atoms with van der Waals surface area (Å²) in [6.07, 6.45) is 1.17. The molecule has 0 aliphatic carbocycles. The molecule has 3 nitrogen and oxygen atoms in total. The van der Waals surface area contributed by atoms with Crippen LogP contribution in [-0.4, -0.2) is 37.0 Å². The molecule has 0 aromatic heterocycles. The summed E-state index contributed by atoms with van der Waals surface area (Å²) >= 11 is 0. The first-order valence-electron chi connectivity index (χ1n) is 5.68. The molecule has 2 aliphatic rings. The summed E-state index contributed by atoms with van der Waals surface area (Å²) in [6, 6.07) is 0. The van der Waals surface area contributed by atoms with E-state index in [1.165, 1.54) is 6.42 Å². The van der Waals surface area contributed by atoms with Gasteiger partial charge in [-0.15, -0.1) is 0 Å². The maximum Gasteiger partial charge on any atom is 0.228 e. The second-order valence-electron chi connectivity index (χ2n) is 4.88. The maximum absolute atomic E-state index is 11.9. The molecule has 2 heterocycles. The fourth-order valence-electron chi connectivity index (χ4n) is 2.18. The van der Waals surface area contributed by atoms with Crippen molar-refractivity contribution < 1.29 is 4.79 Å². The normalized spacial score (nSPS) is 34.0. The predicted octanol–water partition coefficient (Wildman–Crippen LogP) is 0.710. The first-order valence-corrected chi connectivity index (χ1v) is 5.68. The molecule has 2 fully saturated rings. The van der Waals surface area contributed by atoms with E-state index in [9.17, 15) is 4.79 Å². The van der Waals surface area contributed by atoms with Crippen LogP contribution in [0.1, 0.15) is 20.3 Å². The van der Waals surface area contributed by atoms with Crippen molar-refractivity contribution >= 4 is 5.91 Å². The van der Waals surface area contributed by atoms with E-state index < -0.39 is 0 Å². The van der Waals surface area contributed by atoms with Gasteiger partial charge in [0.2, 0.25) is 5.91 Å². The van der Waals surface area contributed by atoms with Gasteiger partial charge in [-0.3, -0.25) is 4.79 Å². The van der Waals surface area contributed by atoms with Gasteiger partial charge in [-0.25, -0.2) is 0 Å². The molecule has 3 heteroatoms. The number of likely N-dealkylation sites (tertiary alicyclic amines) is 1. The Morgan fingerprint density at radius 1 is 1.29 bits per heavy atom. The van der Waals surface area contributed by atoms with Gasteiger partial charge in [0.05, 0.1) is 5.92 Å². The van der Waals surface area contributed by atoms with Crippen LogP contribution in [0.4, 0.5) is 0 Å². The van der Waals surface area contributed by atoms with Crippen LogP contribution in [0.25, 0.3) is 0 Å². The Morgan fingerprint density at radius 2 is 2.00 bits per heavy atom. The quantitative estimate of drug-likeness (QED) is 0.670. The summed E-state index contributed by atoms with van der Waals surface area (Å²) < 4.78 is 0. The van der Waals surface area contributed by atoms with Gasteiger partial charge in [-0.2, -0.15) is 0 Å². The highest BCUT2D eigenvalue weighted by molar-refractivity contribution is 5.80. The lowest BCUT2D eigenvalue weighted by Crippen LogP contribution is -2.54. The lowest BCUT2D eigenvalue weighted by Gasteiger charge is -2.39. The van der Waals surface area contributed by atoms with E-state index in [0.717, 1.165) is 32.1 Å². The molecule has 80 valence electrons. The van der Waals surface area contributed by atoms with Crippen molar-refractivity contribution in [3.63, 3.8) is 0 Å². The largest absolute Gasteiger partial charge is 0.342 e. The molecule has 14 heavy (non-hydrogen) atoms. The third-order valence-corrected chi connectivity index (χ3v) is 3.78. The Balaban J connectivity index is 1.88. The molecule has 1 N–H and O–H groups in total. The summed E-state index contributed by atoms with van der Waals surface area (Å²) in [5.74, 6) is 2.09. The molecule has 2 unspecified atom stereocenters. The van der Waals surface area contributed by atoms with Crippen molar-refractivity contribution in [2.45, 2.75) is 20.3 Å². The van der Waals surface area contributed by atoms with Gasteiger partial charge >= 0.3 is 0 Å². The highest BCUT2D eigenvalue weighted by atomic mass is 16.2. The lowest BCUT2D eigenvalue weighted by atomic mass is 9.87. The highest BCUT2D eigenvalue weighted by Gasteiger charge is 2.32. The van der Waals surface area contributed by atoms with Gasteiger partial charge in [0.25, 0.3) is 0 Å². The number of rotatable bonds is 1. The number of nitrogens with zero attached hydrogens (tertiary/aromatic N) is 1. The molecule has 0 aromatic rings. The number of nitrogens with one attached hydrogen (secondary N) is 1. The van der Waals surface area contributed by atoms with Gasteiger partial charge in [0, 0.05) is 26.2 Å². The summed E-state index contributed by atoms with van der Waals surface area (Å²) in [6.45, 7) is 8.26. The van der Waals surface area contributed by atoms with Gasteiger partial charge in [-0.1, -0.05) is 13.8 Å². The Bertz CT molecular complexity index is 225. The molecule has 0 bridgehead atoms. The first-order chi connectivity index (χ1) is 6.68. The van der Waals surface area contributed by atoms with Gasteiger partial charge in [0.15, 0.2) is 0 Å². The zero-order chi connectivity index (χ0) is 10.1. The van der Waals surface area contributed by atoms with E-state index in [4.69, 9.17) is 0 Å². The zero-order valence-corrected chi connectivity index (χ0v) is 9.12. The number of amides is 1. The average Bonchev–Trinajstić information content (AvgIpc) is 2.06. The Kier molecular flexibility index (Phi) is 2.77. The number of carbonyl (C=O) groups excluding carboxylic acids is 1. The topological polar surface area (TPSA) is 32.3 Å². The molecule has 0 spiro atoms. The number of hydrogen-bond donors (Lipinski definition) is 1. The molecule has 2 rings (SSSR count). The molecule has 0 saturated carbocycles. The molecule has 2 aliphatic heterocycles. The minimum absolute atomic E-state index is 0.274. The van der Waals surface area contributed by atoms with Gasteiger partial charge < -0.3 is 10.2 Å². The van der Waals surface area contributed by atoms with Crippen LogP contribution >= 0.6 is 0 Å². The standard InChI is InChI=1S/C11H20N2O/c1-8-3-4-13(7-9(8)2)11(14)10-5-12-6-10/h8-10,12H,3-7H2,1-2H3. The Morgan fingerprint density at radius 3 is 2.50 bits per heavy atom. The van der Waals surface area contributed by atoms with Crippen LogP contribution in [0.3, 0.4) is 0 Å². The van der Waals surface area contributed by atoms with E-state index in [2.05, 4.69) is 24.1 Å². The van der Waals surface area contributed by atoms with E-state index >= 15 is 0 Å². The molecule has 2 saturated heterocycles. The van der Waals surface area contributed by atoms with Crippen molar-refractivity contribution in [1.29, 1.82) is 0 Å². The predicted molar refractivity (Wildman–Crippen MR) is 55.9 cm³/mol. The average molecular weight is 196 g/mol. The first kappa shape index (κ1) is 9.97. The maximum atomic E-state index is 11.9. The molecule has 0 radical (unpaired) electrons. The highest BCUT2D eigenvalue weighted by Crippen LogP contribution is 2.24. The number of piperidine rings is 1. The van der Waals surface area contributed by atoms with Crippen LogP contribution in [0.15, 0.2) is 0 Å². The van der Waals surface area contributed by atoms with Crippen LogP contribution < -0.4 is 5.32 Å². The van der Waals surface area contributed by atoms with E-state index in [1.807, 2.05) is 0 Å². The van der Waals surface area contributed by atoms with Crippen molar-refractivity contribution in [2.75, 3.05) is 26.2 Å². The van der Waals surface area contributed by atoms with Gasteiger partial charge in [0.1, 0.15) is 0 Å². The van der Waals surface area contributed by atoms with Crippen LogP contribution in [0, 0.1) is 17.8 Å². The van der Waals surface area contributed by atoms with Crippen molar-refractivity contribution in [3.05, 3.63) is 0 Å². The fraction of sp³-hybridized carbons (Fsp3) is 0.909. The monoisotopic (exact) mass is 196 g/mol. The third-order valence-electron chi connectivity index (χ3n) is 3.78. The van der Waals surface area contributed by atoms with E-state index in [1.54, 1.807) is 0 Å². The number of hydrogen-bond acceptors (Lipinski definition) is 2.